The predicted octanol–water partition coefficient (Wildman–Crippen LogP) is 1.74. The first-order chi connectivity index (χ1) is 7.90. The third kappa shape index (κ3) is 4.36. The van der Waals surface area contributed by atoms with Crippen molar-refractivity contribution in [2.45, 2.75) is 19.9 Å². The molecule has 17 heavy (non-hydrogen) atoms. The number of hydrogen-bond donors (Lipinski definition) is 1. The Morgan fingerprint density at radius 3 is 2.71 bits per heavy atom. The molecule has 0 saturated heterocycles. The Labute approximate surface area is 110 Å². The standard InChI is InChI=1S/C10H14Cl2N4O/c1-6(2)13-9(17)5-16(3)7-4-8(11)14-15-10(7)12/h4,6H,5H2,1-3H3,(H,13,17). The van der Waals surface area contributed by atoms with E-state index in [9.17, 15) is 4.79 Å². The summed E-state index contributed by atoms with van der Waals surface area (Å²) in [7, 11) is 1.74. The predicted molar refractivity (Wildman–Crippen MR) is 68.6 cm³/mol. The van der Waals surface area contributed by atoms with E-state index in [2.05, 4.69) is 15.5 Å². The van der Waals surface area contributed by atoms with Gasteiger partial charge in [0, 0.05) is 19.2 Å². The molecule has 1 N–H and O–H groups in total. The van der Waals surface area contributed by atoms with Crippen LogP contribution < -0.4 is 10.2 Å². The Kier molecular flexibility index (Phi) is 4.96. The molecule has 0 saturated carbocycles. The molecule has 1 aromatic heterocycles. The summed E-state index contributed by atoms with van der Waals surface area (Å²) in [6.07, 6.45) is 0. The lowest BCUT2D eigenvalue weighted by atomic mass is 10.3. The SMILES string of the molecule is CC(C)NC(=O)CN(C)c1cc(Cl)nnc1Cl. The summed E-state index contributed by atoms with van der Waals surface area (Å²) >= 11 is 11.6. The normalized spacial score (nSPS) is 10.5. The van der Waals surface area contributed by atoms with Gasteiger partial charge >= 0.3 is 0 Å². The van der Waals surface area contributed by atoms with Crippen molar-refractivity contribution in [2.75, 3.05) is 18.5 Å². The highest BCUT2D eigenvalue weighted by atomic mass is 35.5. The van der Waals surface area contributed by atoms with Gasteiger partial charge in [-0.05, 0) is 13.8 Å². The third-order valence-electron chi connectivity index (χ3n) is 1.94. The maximum atomic E-state index is 11.6. The lowest BCUT2D eigenvalue weighted by molar-refractivity contribution is -0.120. The van der Waals surface area contributed by atoms with Crippen molar-refractivity contribution in [3.63, 3.8) is 0 Å². The van der Waals surface area contributed by atoms with Gasteiger partial charge < -0.3 is 10.2 Å². The number of carbonyl (C=O) groups is 1. The van der Waals surface area contributed by atoms with Crippen LogP contribution in [0.1, 0.15) is 13.8 Å². The Morgan fingerprint density at radius 2 is 2.12 bits per heavy atom. The van der Waals surface area contributed by atoms with Crippen LogP contribution in [0.3, 0.4) is 0 Å². The minimum absolute atomic E-state index is 0.0912. The molecule has 0 bridgehead atoms. The Bertz CT molecular complexity index is 411. The van der Waals surface area contributed by atoms with Crippen molar-refractivity contribution in [3.8, 4) is 0 Å². The third-order valence-corrected chi connectivity index (χ3v) is 2.40. The number of nitrogens with one attached hydrogen (secondary N) is 1. The van der Waals surface area contributed by atoms with Gasteiger partial charge in [0.25, 0.3) is 0 Å². The van der Waals surface area contributed by atoms with Gasteiger partial charge in [0.1, 0.15) is 0 Å². The summed E-state index contributed by atoms with van der Waals surface area (Å²) in [4.78, 5) is 13.2. The molecule has 7 heteroatoms. The highest BCUT2D eigenvalue weighted by Gasteiger charge is 2.13. The quantitative estimate of drug-likeness (QED) is 0.910. The van der Waals surface area contributed by atoms with Gasteiger partial charge in [0.2, 0.25) is 5.91 Å². The highest BCUT2D eigenvalue weighted by molar-refractivity contribution is 6.33. The molecule has 0 aliphatic carbocycles. The van der Waals surface area contributed by atoms with Crippen molar-refractivity contribution in [1.29, 1.82) is 0 Å². The first kappa shape index (κ1) is 14.0. The zero-order valence-electron chi connectivity index (χ0n) is 9.87. The van der Waals surface area contributed by atoms with Crippen molar-refractivity contribution in [2.24, 2.45) is 0 Å². The minimum atomic E-state index is -0.0912. The smallest absolute Gasteiger partial charge is 0.239 e. The van der Waals surface area contributed by atoms with E-state index in [1.165, 1.54) is 0 Å². The monoisotopic (exact) mass is 276 g/mol. The summed E-state index contributed by atoms with van der Waals surface area (Å²) in [5.74, 6) is -0.0912. The van der Waals surface area contributed by atoms with E-state index in [1.807, 2.05) is 13.8 Å². The second kappa shape index (κ2) is 6.02. The van der Waals surface area contributed by atoms with Crippen molar-refractivity contribution < 1.29 is 4.79 Å². The fraction of sp³-hybridized carbons (Fsp3) is 0.500. The molecular weight excluding hydrogens is 263 g/mol. The molecule has 94 valence electrons. The molecule has 0 unspecified atom stereocenters. The Balaban J connectivity index is 2.72. The topological polar surface area (TPSA) is 58.1 Å². The number of halogens is 2. The van der Waals surface area contributed by atoms with Crippen molar-refractivity contribution >= 4 is 34.8 Å². The minimum Gasteiger partial charge on any atom is -0.363 e. The summed E-state index contributed by atoms with van der Waals surface area (Å²) in [6, 6.07) is 1.67. The summed E-state index contributed by atoms with van der Waals surface area (Å²) in [5, 5.41) is 10.5. The maximum Gasteiger partial charge on any atom is 0.239 e. The van der Waals surface area contributed by atoms with Crippen LogP contribution in [0.4, 0.5) is 5.69 Å². The second-order valence-corrected chi connectivity index (χ2v) is 4.67. The molecular formula is C10H14Cl2N4O. The lowest BCUT2D eigenvalue weighted by Crippen LogP contribution is -2.38. The summed E-state index contributed by atoms with van der Waals surface area (Å²) < 4.78 is 0. The van der Waals surface area contributed by atoms with Crippen LogP contribution in [-0.4, -0.2) is 35.7 Å². The number of anilines is 1. The largest absolute Gasteiger partial charge is 0.363 e. The first-order valence-corrected chi connectivity index (χ1v) is 5.85. The highest BCUT2D eigenvalue weighted by Crippen LogP contribution is 2.23. The number of carbonyl (C=O) groups excluding carboxylic acids is 1. The van der Waals surface area contributed by atoms with Crippen LogP contribution in [-0.2, 0) is 4.79 Å². The average Bonchev–Trinajstić information content (AvgIpc) is 2.20. The molecule has 0 aliphatic heterocycles. The molecule has 0 radical (unpaired) electrons. The number of rotatable bonds is 4. The molecule has 0 spiro atoms. The average molecular weight is 277 g/mol. The van der Waals surface area contributed by atoms with E-state index in [1.54, 1.807) is 18.0 Å². The molecule has 1 heterocycles. The first-order valence-electron chi connectivity index (χ1n) is 5.09. The van der Waals surface area contributed by atoms with Gasteiger partial charge in [0.05, 0.1) is 12.2 Å². The lowest BCUT2D eigenvalue weighted by Gasteiger charge is -2.20. The number of nitrogens with zero attached hydrogens (tertiary/aromatic N) is 3. The molecule has 1 amide bonds. The molecule has 1 rings (SSSR count). The van der Waals surface area contributed by atoms with Crippen LogP contribution in [0.5, 0.6) is 0 Å². The molecule has 0 aromatic carbocycles. The van der Waals surface area contributed by atoms with E-state index < -0.39 is 0 Å². The van der Waals surface area contributed by atoms with E-state index in [-0.39, 0.29) is 28.8 Å². The number of amides is 1. The molecule has 0 atom stereocenters. The Morgan fingerprint density at radius 1 is 1.47 bits per heavy atom. The van der Waals surface area contributed by atoms with Gasteiger partial charge in [-0.25, -0.2) is 0 Å². The maximum absolute atomic E-state index is 11.6. The van der Waals surface area contributed by atoms with Crippen molar-refractivity contribution in [3.05, 3.63) is 16.4 Å². The number of hydrogen-bond acceptors (Lipinski definition) is 4. The zero-order chi connectivity index (χ0) is 13.0. The van der Waals surface area contributed by atoms with Gasteiger partial charge in [0.15, 0.2) is 10.3 Å². The zero-order valence-corrected chi connectivity index (χ0v) is 11.4. The van der Waals surface area contributed by atoms with Gasteiger partial charge in [-0.15, -0.1) is 10.2 Å². The van der Waals surface area contributed by atoms with Crippen molar-refractivity contribution in [1.82, 2.24) is 15.5 Å². The van der Waals surface area contributed by atoms with Gasteiger partial charge in [-0.2, -0.15) is 0 Å². The van der Waals surface area contributed by atoms with Crippen LogP contribution in [0, 0.1) is 0 Å². The van der Waals surface area contributed by atoms with Gasteiger partial charge in [-0.3, -0.25) is 4.79 Å². The Hall–Kier alpha value is -1.07. The van der Waals surface area contributed by atoms with Crippen LogP contribution in [0.25, 0.3) is 0 Å². The summed E-state index contributed by atoms with van der Waals surface area (Å²) in [6.45, 7) is 3.98. The van der Waals surface area contributed by atoms with Crippen LogP contribution in [0.15, 0.2) is 6.07 Å². The van der Waals surface area contributed by atoms with Crippen LogP contribution >= 0.6 is 23.2 Å². The molecule has 5 nitrogen and oxygen atoms in total. The molecule has 0 aliphatic rings. The van der Waals surface area contributed by atoms with E-state index >= 15 is 0 Å². The van der Waals surface area contributed by atoms with Gasteiger partial charge in [-0.1, -0.05) is 23.2 Å². The second-order valence-electron chi connectivity index (χ2n) is 3.92. The molecule has 1 aromatic rings. The number of aromatic nitrogens is 2. The fourth-order valence-electron chi connectivity index (χ4n) is 1.28. The molecule has 0 fully saturated rings. The summed E-state index contributed by atoms with van der Waals surface area (Å²) in [5.41, 5.74) is 0.575. The van der Waals surface area contributed by atoms with E-state index in [0.717, 1.165) is 0 Å². The number of likely N-dealkylation sites (N-methyl/N-ethyl adjacent to an activating group) is 1. The van der Waals surface area contributed by atoms with E-state index in [4.69, 9.17) is 23.2 Å². The van der Waals surface area contributed by atoms with Crippen LogP contribution in [0.2, 0.25) is 10.3 Å². The fourth-order valence-corrected chi connectivity index (χ4v) is 1.66. The van der Waals surface area contributed by atoms with E-state index in [0.29, 0.717) is 5.69 Å².